The van der Waals surface area contributed by atoms with Crippen LogP contribution in [-0.4, -0.2) is 20.9 Å². The van der Waals surface area contributed by atoms with Gasteiger partial charge in [0, 0.05) is 16.4 Å². The number of nitrogens with one attached hydrogen (secondary N) is 1. The molecule has 0 aliphatic carbocycles. The Kier molecular flexibility index (Phi) is 3.66. The van der Waals surface area contributed by atoms with Gasteiger partial charge in [0.2, 0.25) is 0 Å². The average molecular weight is 307 g/mol. The van der Waals surface area contributed by atoms with Crippen LogP contribution in [0.4, 0.5) is 5.82 Å². The number of aromatic nitrogens is 3. The van der Waals surface area contributed by atoms with Crippen molar-refractivity contribution in [2.24, 2.45) is 0 Å². The topological polar surface area (TPSA) is 67.8 Å². The molecule has 2 rings (SSSR count). The number of hydrogen-bond donors (Lipinski definition) is 1. The predicted octanol–water partition coefficient (Wildman–Crippen LogP) is 2.50. The van der Waals surface area contributed by atoms with Crippen molar-refractivity contribution in [2.75, 3.05) is 5.32 Å². The summed E-state index contributed by atoms with van der Waals surface area (Å²) in [4.78, 5) is 24.2. The van der Waals surface area contributed by atoms with Gasteiger partial charge in [0.05, 0.1) is 0 Å². The predicted molar refractivity (Wildman–Crippen MR) is 71.4 cm³/mol. The fourth-order valence-corrected chi connectivity index (χ4v) is 2.00. The third-order valence-electron chi connectivity index (χ3n) is 2.17. The highest BCUT2D eigenvalue weighted by atomic mass is 79.9. The van der Waals surface area contributed by atoms with Crippen LogP contribution in [-0.2, 0) is 0 Å². The highest BCUT2D eigenvalue weighted by molar-refractivity contribution is 9.10. The van der Waals surface area contributed by atoms with Crippen LogP contribution in [0.15, 0.2) is 28.9 Å². The first-order valence-electron chi connectivity index (χ1n) is 5.30. The Morgan fingerprint density at radius 2 is 2.06 bits per heavy atom. The Morgan fingerprint density at radius 3 is 2.72 bits per heavy atom. The summed E-state index contributed by atoms with van der Waals surface area (Å²) in [6, 6.07) is 5.14. The zero-order valence-corrected chi connectivity index (χ0v) is 11.5. The zero-order valence-electron chi connectivity index (χ0n) is 9.94. The molecular formula is C12H11BrN4O. The van der Waals surface area contributed by atoms with Crippen LogP contribution in [0.1, 0.15) is 22.0 Å². The fourth-order valence-electron chi connectivity index (χ4n) is 1.45. The quantitative estimate of drug-likeness (QED) is 0.925. The fraction of sp³-hybridized carbons (Fsp3) is 0.167. The van der Waals surface area contributed by atoms with Crippen LogP contribution < -0.4 is 5.32 Å². The van der Waals surface area contributed by atoms with Crippen LogP contribution in [0, 0.1) is 13.8 Å². The molecule has 0 fully saturated rings. The Balaban J connectivity index is 2.22. The first-order chi connectivity index (χ1) is 8.54. The Morgan fingerprint density at radius 1 is 1.28 bits per heavy atom. The highest BCUT2D eigenvalue weighted by Crippen LogP contribution is 2.13. The van der Waals surface area contributed by atoms with Crippen molar-refractivity contribution in [3.8, 4) is 0 Å². The van der Waals surface area contributed by atoms with Crippen molar-refractivity contribution >= 4 is 27.7 Å². The van der Waals surface area contributed by atoms with Gasteiger partial charge in [0.15, 0.2) is 0 Å². The van der Waals surface area contributed by atoms with Gasteiger partial charge >= 0.3 is 0 Å². The van der Waals surface area contributed by atoms with E-state index in [0.717, 1.165) is 10.2 Å². The van der Waals surface area contributed by atoms with Gasteiger partial charge in [-0.3, -0.25) is 4.79 Å². The summed E-state index contributed by atoms with van der Waals surface area (Å²) in [5, 5.41) is 2.68. The van der Waals surface area contributed by atoms with Gasteiger partial charge in [0.1, 0.15) is 17.3 Å². The molecule has 1 N–H and O–H groups in total. The second-order valence-corrected chi connectivity index (χ2v) is 4.67. The van der Waals surface area contributed by atoms with E-state index < -0.39 is 0 Å². The van der Waals surface area contributed by atoms with E-state index in [-0.39, 0.29) is 5.91 Å². The molecule has 0 radical (unpaired) electrons. The molecule has 92 valence electrons. The molecule has 1 amide bonds. The van der Waals surface area contributed by atoms with E-state index in [9.17, 15) is 4.79 Å². The molecule has 0 aliphatic heterocycles. The molecule has 6 heteroatoms. The lowest BCUT2D eigenvalue weighted by atomic mass is 10.3. The standard InChI is InChI=1S/C12H11BrN4O/c1-7-5-9(13)6-10(15-7)12(18)17-11-3-4-14-8(2)16-11/h3-6H,1-2H3,(H,14,16,17,18). The summed E-state index contributed by atoms with van der Waals surface area (Å²) in [5.41, 5.74) is 1.12. The van der Waals surface area contributed by atoms with Gasteiger partial charge in [-0.05, 0) is 32.0 Å². The van der Waals surface area contributed by atoms with E-state index >= 15 is 0 Å². The third-order valence-corrected chi connectivity index (χ3v) is 2.63. The van der Waals surface area contributed by atoms with Gasteiger partial charge in [0.25, 0.3) is 5.91 Å². The van der Waals surface area contributed by atoms with Crippen LogP contribution in [0.3, 0.4) is 0 Å². The molecule has 0 atom stereocenters. The molecule has 5 nitrogen and oxygen atoms in total. The number of aryl methyl sites for hydroxylation is 2. The Bertz CT molecular complexity index is 580. The minimum atomic E-state index is -0.294. The molecule has 2 aromatic heterocycles. The van der Waals surface area contributed by atoms with Crippen LogP contribution in [0.5, 0.6) is 0 Å². The number of anilines is 1. The number of halogens is 1. The molecule has 18 heavy (non-hydrogen) atoms. The lowest BCUT2D eigenvalue weighted by molar-refractivity contribution is 0.102. The molecule has 2 heterocycles. The van der Waals surface area contributed by atoms with E-state index in [1.54, 1.807) is 25.3 Å². The third kappa shape index (κ3) is 3.10. The zero-order chi connectivity index (χ0) is 13.1. The van der Waals surface area contributed by atoms with Crippen molar-refractivity contribution in [3.05, 3.63) is 46.1 Å². The van der Waals surface area contributed by atoms with Gasteiger partial charge in [-0.1, -0.05) is 15.9 Å². The first-order valence-corrected chi connectivity index (χ1v) is 6.09. The number of nitrogens with zero attached hydrogens (tertiary/aromatic N) is 3. The van der Waals surface area contributed by atoms with Crippen LogP contribution >= 0.6 is 15.9 Å². The maximum atomic E-state index is 12.0. The minimum absolute atomic E-state index is 0.294. The molecule has 0 unspecified atom stereocenters. The van der Waals surface area contributed by atoms with Gasteiger partial charge in [-0.15, -0.1) is 0 Å². The maximum absolute atomic E-state index is 12.0. The summed E-state index contributed by atoms with van der Waals surface area (Å²) < 4.78 is 0.819. The number of rotatable bonds is 2. The van der Waals surface area contributed by atoms with Crippen molar-refractivity contribution < 1.29 is 4.79 Å². The van der Waals surface area contributed by atoms with E-state index in [0.29, 0.717) is 17.3 Å². The Labute approximate surface area is 113 Å². The summed E-state index contributed by atoms with van der Waals surface area (Å²) in [6.07, 6.45) is 1.59. The van der Waals surface area contributed by atoms with Crippen molar-refractivity contribution in [1.29, 1.82) is 0 Å². The van der Waals surface area contributed by atoms with Gasteiger partial charge < -0.3 is 5.32 Å². The summed E-state index contributed by atoms with van der Waals surface area (Å²) in [7, 11) is 0. The number of pyridine rings is 1. The molecule has 0 aromatic carbocycles. The monoisotopic (exact) mass is 306 g/mol. The van der Waals surface area contributed by atoms with E-state index in [1.165, 1.54) is 0 Å². The second-order valence-electron chi connectivity index (χ2n) is 3.76. The largest absolute Gasteiger partial charge is 0.305 e. The number of amides is 1. The molecule has 0 saturated heterocycles. The van der Waals surface area contributed by atoms with Gasteiger partial charge in [-0.25, -0.2) is 15.0 Å². The maximum Gasteiger partial charge on any atom is 0.275 e. The SMILES string of the molecule is Cc1cc(Br)cc(C(=O)Nc2ccnc(C)n2)n1. The molecule has 0 bridgehead atoms. The first kappa shape index (κ1) is 12.6. The van der Waals surface area contributed by atoms with Crippen LogP contribution in [0.2, 0.25) is 0 Å². The summed E-state index contributed by atoms with van der Waals surface area (Å²) in [5.74, 6) is 0.774. The van der Waals surface area contributed by atoms with Crippen LogP contribution in [0.25, 0.3) is 0 Å². The second kappa shape index (κ2) is 5.22. The van der Waals surface area contributed by atoms with Crippen molar-refractivity contribution in [2.45, 2.75) is 13.8 Å². The average Bonchev–Trinajstić information content (AvgIpc) is 2.27. The van der Waals surface area contributed by atoms with E-state index in [4.69, 9.17) is 0 Å². The van der Waals surface area contributed by atoms with Crippen molar-refractivity contribution in [1.82, 2.24) is 15.0 Å². The number of hydrogen-bond acceptors (Lipinski definition) is 4. The smallest absolute Gasteiger partial charge is 0.275 e. The summed E-state index contributed by atoms with van der Waals surface area (Å²) in [6.45, 7) is 3.59. The van der Waals surface area contributed by atoms with E-state index in [1.807, 2.05) is 13.0 Å². The minimum Gasteiger partial charge on any atom is -0.305 e. The molecule has 2 aromatic rings. The summed E-state index contributed by atoms with van der Waals surface area (Å²) >= 11 is 3.33. The molecule has 0 aliphatic rings. The normalized spacial score (nSPS) is 10.2. The highest BCUT2D eigenvalue weighted by Gasteiger charge is 2.10. The Hall–Kier alpha value is -1.82. The van der Waals surface area contributed by atoms with Gasteiger partial charge in [-0.2, -0.15) is 0 Å². The molecular weight excluding hydrogens is 296 g/mol. The number of carbonyl (C=O) groups is 1. The number of carbonyl (C=O) groups excluding carboxylic acids is 1. The lowest BCUT2D eigenvalue weighted by Gasteiger charge is -2.05. The molecule has 0 spiro atoms. The van der Waals surface area contributed by atoms with Crippen molar-refractivity contribution in [3.63, 3.8) is 0 Å². The lowest BCUT2D eigenvalue weighted by Crippen LogP contribution is -2.15. The molecule has 0 saturated carbocycles. The van der Waals surface area contributed by atoms with E-state index in [2.05, 4.69) is 36.2 Å².